The van der Waals surface area contributed by atoms with Crippen molar-refractivity contribution in [3.8, 4) is 5.75 Å². The largest absolute Gasteiger partial charge is 0.494 e. The fraction of sp³-hybridized carbons (Fsp3) is 0.188. The van der Waals surface area contributed by atoms with E-state index < -0.39 is 10.0 Å². The Balaban J connectivity index is 1.93. The summed E-state index contributed by atoms with van der Waals surface area (Å²) in [6.45, 7) is 4.27. The molecule has 0 spiro atoms. The number of aromatic nitrogens is 2. The fourth-order valence-electron chi connectivity index (χ4n) is 2.30. The van der Waals surface area contributed by atoms with Crippen LogP contribution in [0.2, 0.25) is 0 Å². The molecule has 0 atom stereocenters. The van der Waals surface area contributed by atoms with Crippen LogP contribution in [0.3, 0.4) is 0 Å². The van der Waals surface area contributed by atoms with Crippen LogP contribution in [0.1, 0.15) is 12.6 Å². The molecule has 3 aromatic rings. The molecule has 0 unspecified atom stereocenters. The Bertz CT molecular complexity index is 931. The van der Waals surface area contributed by atoms with E-state index in [1.165, 1.54) is 12.1 Å². The Morgan fingerprint density at radius 1 is 1.22 bits per heavy atom. The molecule has 0 aliphatic rings. The lowest BCUT2D eigenvalue weighted by molar-refractivity contribution is 0.340. The Hall–Kier alpha value is -2.54. The van der Waals surface area contributed by atoms with E-state index in [1.54, 1.807) is 28.7 Å². The molecular weight excluding hydrogens is 314 g/mol. The number of hydrogen-bond donors (Lipinski definition) is 1. The van der Waals surface area contributed by atoms with E-state index in [1.807, 2.05) is 26.2 Å². The molecule has 0 fully saturated rings. The number of nitrogens with one attached hydrogen (secondary N) is 1. The number of nitrogens with zero attached hydrogens (tertiary/aromatic N) is 2. The van der Waals surface area contributed by atoms with Gasteiger partial charge in [0.1, 0.15) is 5.75 Å². The van der Waals surface area contributed by atoms with Crippen LogP contribution in [0.15, 0.2) is 53.7 Å². The maximum atomic E-state index is 12.5. The van der Waals surface area contributed by atoms with Gasteiger partial charge in [-0.25, -0.2) is 13.4 Å². The summed E-state index contributed by atoms with van der Waals surface area (Å²) >= 11 is 0. The van der Waals surface area contributed by atoms with Crippen molar-refractivity contribution >= 4 is 21.4 Å². The average Bonchev–Trinajstić information content (AvgIpc) is 2.89. The van der Waals surface area contributed by atoms with Gasteiger partial charge >= 0.3 is 0 Å². The smallest absolute Gasteiger partial charge is 0.262 e. The first-order valence-corrected chi connectivity index (χ1v) is 8.68. The van der Waals surface area contributed by atoms with Crippen LogP contribution in [0, 0.1) is 6.92 Å². The number of aryl methyl sites for hydroxylation is 1. The molecule has 0 saturated carbocycles. The highest BCUT2D eigenvalue weighted by Gasteiger charge is 2.16. The van der Waals surface area contributed by atoms with Crippen LogP contribution >= 0.6 is 0 Å². The molecule has 1 aromatic carbocycles. The molecule has 0 amide bonds. The predicted octanol–water partition coefficient (Wildman–Crippen LogP) is 2.84. The van der Waals surface area contributed by atoms with E-state index in [4.69, 9.17) is 4.74 Å². The summed E-state index contributed by atoms with van der Waals surface area (Å²) in [7, 11) is -3.69. The maximum Gasteiger partial charge on any atom is 0.262 e. The zero-order valence-electron chi connectivity index (χ0n) is 12.9. The Kier molecular flexibility index (Phi) is 3.96. The third kappa shape index (κ3) is 3.14. The summed E-state index contributed by atoms with van der Waals surface area (Å²) < 4.78 is 34.8. The van der Waals surface area contributed by atoms with Gasteiger partial charge < -0.3 is 9.14 Å². The molecule has 120 valence electrons. The summed E-state index contributed by atoms with van der Waals surface area (Å²) in [6, 6.07) is 9.77. The van der Waals surface area contributed by atoms with E-state index in [0.29, 0.717) is 23.7 Å². The highest BCUT2D eigenvalue weighted by molar-refractivity contribution is 7.92. The SMILES string of the molecule is CCOc1ccc(S(=O)(=O)Nc2cccn3cc(C)nc23)cc1. The van der Waals surface area contributed by atoms with Crippen molar-refractivity contribution in [1.29, 1.82) is 0 Å². The summed E-state index contributed by atoms with van der Waals surface area (Å²) in [5.74, 6) is 0.637. The number of benzene rings is 1. The highest BCUT2D eigenvalue weighted by Crippen LogP contribution is 2.22. The van der Waals surface area contributed by atoms with Crippen molar-refractivity contribution in [2.75, 3.05) is 11.3 Å². The average molecular weight is 331 g/mol. The van der Waals surface area contributed by atoms with Crippen molar-refractivity contribution in [2.24, 2.45) is 0 Å². The first-order chi connectivity index (χ1) is 11.0. The number of anilines is 1. The number of hydrogen-bond acceptors (Lipinski definition) is 4. The number of fused-ring (bicyclic) bond motifs is 1. The zero-order chi connectivity index (χ0) is 16.4. The molecule has 0 saturated heterocycles. The molecule has 2 aromatic heterocycles. The van der Waals surface area contributed by atoms with Crippen molar-refractivity contribution in [3.05, 3.63) is 54.5 Å². The van der Waals surface area contributed by atoms with Gasteiger partial charge in [0.25, 0.3) is 10.0 Å². The van der Waals surface area contributed by atoms with Gasteiger partial charge in [0.05, 0.1) is 22.9 Å². The topological polar surface area (TPSA) is 72.7 Å². The van der Waals surface area contributed by atoms with Gasteiger partial charge in [0.2, 0.25) is 0 Å². The molecule has 23 heavy (non-hydrogen) atoms. The van der Waals surface area contributed by atoms with Gasteiger partial charge in [-0.3, -0.25) is 4.72 Å². The van der Waals surface area contributed by atoms with Crippen molar-refractivity contribution in [3.63, 3.8) is 0 Å². The van der Waals surface area contributed by atoms with E-state index in [2.05, 4.69) is 9.71 Å². The van der Waals surface area contributed by atoms with Crippen LogP contribution in [-0.2, 0) is 10.0 Å². The molecule has 0 radical (unpaired) electrons. The lowest BCUT2D eigenvalue weighted by Gasteiger charge is -2.10. The van der Waals surface area contributed by atoms with E-state index in [9.17, 15) is 8.42 Å². The lowest BCUT2D eigenvalue weighted by Crippen LogP contribution is -2.13. The second kappa shape index (κ2) is 5.92. The minimum Gasteiger partial charge on any atom is -0.494 e. The normalized spacial score (nSPS) is 11.6. The Morgan fingerprint density at radius 3 is 2.65 bits per heavy atom. The molecule has 7 heteroatoms. The van der Waals surface area contributed by atoms with Crippen LogP contribution < -0.4 is 9.46 Å². The second-order valence-electron chi connectivity index (χ2n) is 5.04. The van der Waals surface area contributed by atoms with Crippen molar-refractivity contribution in [1.82, 2.24) is 9.38 Å². The van der Waals surface area contributed by atoms with Gasteiger partial charge in [0.15, 0.2) is 5.65 Å². The number of sulfonamides is 1. The highest BCUT2D eigenvalue weighted by atomic mass is 32.2. The van der Waals surface area contributed by atoms with E-state index >= 15 is 0 Å². The van der Waals surface area contributed by atoms with Crippen LogP contribution in [0.5, 0.6) is 5.75 Å². The molecule has 0 aliphatic heterocycles. The number of pyridine rings is 1. The third-order valence-corrected chi connectivity index (χ3v) is 4.67. The van der Waals surface area contributed by atoms with Crippen molar-refractivity contribution < 1.29 is 13.2 Å². The molecule has 2 heterocycles. The monoisotopic (exact) mass is 331 g/mol. The molecule has 6 nitrogen and oxygen atoms in total. The number of ether oxygens (including phenoxy) is 1. The van der Waals surface area contributed by atoms with Gasteiger partial charge in [-0.15, -0.1) is 0 Å². The van der Waals surface area contributed by atoms with Gasteiger partial charge in [-0.1, -0.05) is 0 Å². The molecule has 0 bridgehead atoms. The summed E-state index contributed by atoms with van der Waals surface area (Å²) in [4.78, 5) is 4.52. The Labute approximate surface area is 134 Å². The standard InChI is InChI=1S/C16H17N3O3S/c1-3-22-13-6-8-14(9-7-13)23(20,21)18-15-5-4-10-19-11-12(2)17-16(15)19/h4-11,18H,3H2,1-2H3. The van der Waals surface area contributed by atoms with Gasteiger partial charge in [-0.2, -0.15) is 0 Å². The third-order valence-electron chi connectivity index (χ3n) is 3.29. The lowest BCUT2D eigenvalue weighted by atomic mass is 10.3. The number of rotatable bonds is 5. The first kappa shape index (κ1) is 15.4. The van der Waals surface area contributed by atoms with E-state index in [-0.39, 0.29) is 4.90 Å². The van der Waals surface area contributed by atoms with Crippen LogP contribution in [0.25, 0.3) is 5.65 Å². The second-order valence-corrected chi connectivity index (χ2v) is 6.73. The van der Waals surface area contributed by atoms with Crippen LogP contribution in [0.4, 0.5) is 5.69 Å². The summed E-state index contributed by atoms with van der Waals surface area (Å²) in [5.41, 5.74) is 1.83. The summed E-state index contributed by atoms with van der Waals surface area (Å²) in [5, 5.41) is 0. The fourth-order valence-corrected chi connectivity index (χ4v) is 3.36. The first-order valence-electron chi connectivity index (χ1n) is 7.19. The van der Waals surface area contributed by atoms with Crippen molar-refractivity contribution in [2.45, 2.75) is 18.7 Å². The minimum atomic E-state index is -3.69. The maximum absolute atomic E-state index is 12.5. The zero-order valence-corrected chi connectivity index (χ0v) is 13.7. The predicted molar refractivity (Wildman–Crippen MR) is 88.3 cm³/mol. The summed E-state index contributed by atoms with van der Waals surface area (Å²) in [6.07, 6.45) is 3.66. The molecule has 3 rings (SSSR count). The quantitative estimate of drug-likeness (QED) is 0.780. The number of imidazole rings is 1. The molecular formula is C16H17N3O3S. The van der Waals surface area contributed by atoms with Gasteiger partial charge in [0, 0.05) is 12.4 Å². The molecule has 0 aliphatic carbocycles. The Morgan fingerprint density at radius 2 is 1.96 bits per heavy atom. The van der Waals surface area contributed by atoms with Gasteiger partial charge in [-0.05, 0) is 50.2 Å². The van der Waals surface area contributed by atoms with E-state index in [0.717, 1.165) is 5.69 Å². The van der Waals surface area contributed by atoms with Crippen LogP contribution in [-0.4, -0.2) is 24.4 Å². The molecule has 1 N–H and O–H groups in total. The minimum absolute atomic E-state index is 0.172.